The standard InChI is InChI=1S/C11H4Br3Cl2NOS/c12-4-1-2-6(9(16)8(4)15)17-11(18)7-3-5(13)10(14)19-7/h1-3H,(H,17,18). The van der Waals surface area contributed by atoms with E-state index in [0.29, 0.717) is 25.1 Å². The summed E-state index contributed by atoms with van der Waals surface area (Å²) in [6, 6.07) is 5.15. The minimum Gasteiger partial charge on any atom is -0.320 e. The molecule has 2 nitrogen and oxygen atoms in total. The summed E-state index contributed by atoms with van der Waals surface area (Å²) in [5, 5.41) is 3.40. The summed E-state index contributed by atoms with van der Waals surface area (Å²) < 4.78 is 2.37. The predicted octanol–water partition coefficient (Wildman–Crippen LogP) is 6.59. The van der Waals surface area contributed by atoms with Crippen molar-refractivity contribution in [3.05, 3.63) is 45.9 Å². The summed E-state index contributed by atoms with van der Waals surface area (Å²) in [6.07, 6.45) is 0. The van der Waals surface area contributed by atoms with E-state index in [2.05, 4.69) is 53.1 Å². The molecule has 1 heterocycles. The lowest BCUT2D eigenvalue weighted by Gasteiger charge is -2.08. The van der Waals surface area contributed by atoms with Gasteiger partial charge in [-0.2, -0.15) is 0 Å². The highest BCUT2D eigenvalue weighted by atomic mass is 79.9. The quantitative estimate of drug-likeness (QED) is 0.455. The molecule has 0 unspecified atom stereocenters. The van der Waals surface area contributed by atoms with Gasteiger partial charge in [-0.15, -0.1) is 11.3 Å². The lowest BCUT2D eigenvalue weighted by Crippen LogP contribution is -2.10. The van der Waals surface area contributed by atoms with Gasteiger partial charge in [0.2, 0.25) is 0 Å². The van der Waals surface area contributed by atoms with Crippen molar-refractivity contribution in [2.45, 2.75) is 0 Å². The minimum absolute atomic E-state index is 0.239. The van der Waals surface area contributed by atoms with Crippen LogP contribution in [0, 0.1) is 0 Å². The van der Waals surface area contributed by atoms with Gasteiger partial charge in [0.15, 0.2) is 0 Å². The van der Waals surface area contributed by atoms with Crippen LogP contribution in [0.2, 0.25) is 10.0 Å². The molecule has 0 spiro atoms. The number of rotatable bonds is 2. The summed E-state index contributed by atoms with van der Waals surface area (Å²) >= 11 is 23.3. The van der Waals surface area contributed by atoms with Gasteiger partial charge >= 0.3 is 0 Å². The molecule has 0 saturated carbocycles. The Morgan fingerprint density at radius 3 is 2.37 bits per heavy atom. The third-order valence-corrected chi connectivity index (χ3v) is 7.18. The molecule has 1 aromatic heterocycles. The smallest absolute Gasteiger partial charge is 0.265 e. The highest BCUT2D eigenvalue weighted by molar-refractivity contribution is 9.13. The van der Waals surface area contributed by atoms with Crippen LogP contribution in [-0.4, -0.2) is 5.91 Å². The van der Waals surface area contributed by atoms with E-state index in [0.717, 1.165) is 8.26 Å². The fraction of sp³-hybridized carbons (Fsp3) is 0. The maximum atomic E-state index is 12.1. The Kier molecular flexibility index (Phi) is 5.36. The maximum absolute atomic E-state index is 12.1. The number of halogens is 5. The predicted molar refractivity (Wildman–Crippen MR) is 91.8 cm³/mol. The average Bonchev–Trinajstić information content (AvgIpc) is 2.70. The number of hydrogen-bond acceptors (Lipinski definition) is 2. The van der Waals surface area contributed by atoms with Crippen LogP contribution in [-0.2, 0) is 0 Å². The Balaban J connectivity index is 2.27. The lowest BCUT2D eigenvalue weighted by atomic mass is 10.3. The highest BCUT2D eigenvalue weighted by Gasteiger charge is 2.15. The van der Waals surface area contributed by atoms with Gasteiger partial charge in [-0.25, -0.2) is 0 Å². The second-order valence-corrected chi connectivity index (χ2v) is 8.24. The summed E-state index contributed by atoms with van der Waals surface area (Å²) in [6.45, 7) is 0. The van der Waals surface area contributed by atoms with E-state index in [1.54, 1.807) is 18.2 Å². The number of anilines is 1. The number of thiophene rings is 1. The van der Waals surface area contributed by atoms with Gasteiger partial charge in [0.1, 0.15) is 0 Å². The van der Waals surface area contributed by atoms with Gasteiger partial charge in [-0.3, -0.25) is 4.79 Å². The lowest BCUT2D eigenvalue weighted by molar-refractivity contribution is 0.103. The second-order valence-electron chi connectivity index (χ2n) is 3.41. The molecule has 0 radical (unpaired) electrons. The SMILES string of the molecule is O=C(Nc1ccc(Br)c(Cl)c1Cl)c1cc(Br)c(Br)s1. The van der Waals surface area contributed by atoms with Crippen LogP contribution in [0.1, 0.15) is 9.67 Å². The fourth-order valence-electron chi connectivity index (χ4n) is 1.26. The Bertz CT molecular complexity index is 640. The summed E-state index contributed by atoms with van der Waals surface area (Å²) in [5.74, 6) is -0.239. The Labute approximate surface area is 148 Å². The van der Waals surface area contributed by atoms with Crippen LogP contribution >= 0.6 is 82.3 Å². The molecule has 2 rings (SSSR count). The molecule has 1 amide bonds. The zero-order valence-electron chi connectivity index (χ0n) is 8.94. The van der Waals surface area contributed by atoms with Crippen LogP contribution in [0.4, 0.5) is 5.69 Å². The molecule has 0 aliphatic heterocycles. The van der Waals surface area contributed by atoms with Crippen molar-refractivity contribution < 1.29 is 4.79 Å². The second kappa shape index (κ2) is 6.45. The van der Waals surface area contributed by atoms with Crippen molar-refractivity contribution in [1.82, 2.24) is 0 Å². The van der Waals surface area contributed by atoms with E-state index >= 15 is 0 Å². The van der Waals surface area contributed by atoms with Gasteiger partial charge in [-0.1, -0.05) is 23.2 Å². The largest absolute Gasteiger partial charge is 0.320 e. The summed E-state index contributed by atoms with van der Waals surface area (Å²) in [7, 11) is 0. The number of amides is 1. The number of carbonyl (C=O) groups excluding carboxylic acids is 1. The van der Waals surface area contributed by atoms with Crippen molar-refractivity contribution in [3.63, 3.8) is 0 Å². The molecule has 0 saturated heterocycles. The van der Waals surface area contributed by atoms with Crippen molar-refractivity contribution >= 4 is 93.9 Å². The van der Waals surface area contributed by atoms with Crippen molar-refractivity contribution in [1.29, 1.82) is 0 Å². The monoisotopic (exact) mass is 505 g/mol. The van der Waals surface area contributed by atoms with E-state index in [-0.39, 0.29) is 5.91 Å². The highest BCUT2D eigenvalue weighted by Crippen LogP contribution is 2.37. The molecule has 100 valence electrons. The number of nitrogens with one attached hydrogen (secondary N) is 1. The van der Waals surface area contributed by atoms with Gasteiger partial charge in [-0.05, 0) is 66.0 Å². The van der Waals surface area contributed by atoms with Gasteiger partial charge < -0.3 is 5.32 Å². The molecular formula is C11H4Br3Cl2NOS. The molecule has 0 aliphatic carbocycles. The first kappa shape index (κ1) is 15.8. The number of carbonyl (C=O) groups is 1. The molecular weight excluding hydrogens is 505 g/mol. The van der Waals surface area contributed by atoms with Crippen LogP contribution < -0.4 is 5.32 Å². The zero-order valence-corrected chi connectivity index (χ0v) is 16.0. The number of benzene rings is 1. The van der Waals surface area contributed by atoms with Crippen molar-refractivity contribution in [2.24, 2.45) is 0 Å². The molecule has 0 aliphatic rings. The number of hydrogen-bond donors (Lipinski definition) is 1. The van der Waals surface area contributed by atoms with E-state index in [1.165, 1.54) is 11.3 Å². The topological polar surface area (TPSA) is 29.1 Å². The molecule has 0 atom stereocenters. The van der Waals surface area contributed by atoms with E-state index in [9.17, 15) is 4.79 Å². The molecule has 0 bridgehead atoms. The Hall–Kier alpha value is 0.410. The van der Waals surface area contributed by atoms with Crippen molar-refractivity contribution in [3.8, 4) is 0 Å². The first-order valence-corrected chi connectivity index (χ1v) is 8.75. The van der Waals surface area contributed by atoms with E-state index in [1.807, 2.05) is 0 Å². The van der Waals surface area contributed by atoms with Crippen LogP contribution in [0.5, 0.6) is 0 Å². The van der Waals surface area contributed by atoms with Crippen molar-refractivity contribution in [2.75, 3.05) is 5.32 Å². The molecule has 2 aromatic rings. The fourth-order valence-corrected chi connectivity index (χ4v) is 4.02. The average molecular weight is 509 g/mol. The Morgan fingerprint density at radius 2 is 1.79 bits per heavy atom. The molecule has 8 heteroatoms. The molecule has 1 aromatic carbocycles. The van der Waals surface area contributed by atoms with Gasteiger partial charge in [0.25, 0.3) is 5.91 Å². The first-order valence-electron chi connectivity index (χ1n) is 4.80. The molecule has 1 N–H and O–H groups in total. The molecule has 0 fully saturated rings. The van der Waals surface area contributed by atoms with E-state index in [4.69, 9.17) is 23.2 Å². The summed E-state index contributed by atoms with van der Waals surface area (Å²) in [4.78, 5) is 12.6. The van der Waals surface area contributed by atoms with Crippen LogP contribution in [0.3, 0.4) is 0 Å². The molecule has 19 heavy (non-hydrogen) atoms. The minimum atomic E-state index is -0.239. The van der Waals surface area contributed by atoms with Gasteiger partial charge in [0.05, 0.1) is 24.4 Å². The maximum Gasteiger partial charge on any atom is 0.265 e. The zero-order chi connectivity index (χ0) is 14.2. The third kappa shape index (κ3) is 3.54. The third-order valence-electron chi connectivity index (χ3n) is 2.15. The van der Waals surface area contributed by atoms with Crippen LogP contribution in [0.15, 0.2) is 30.9 Å². The summed E-state index contributed by atoms with van der Waals surface area (Å²) in [5.41, 5.74) is 0.473. The van der Waals surface area contributed by atoms with Gasteiger partial charge in [0, 0.05) is 8.95 Å². The van der Waals surface area contributed by atoms with E-state index < -0.39 is 0 Å². The van der Waals surface area contributed by atoms with Crippen LogP contribution in [0.25, 0.3) is 0 Å². The Morgan fingerprint density at radius 1 is 1.11 bits per heavy atom. The normalized spacial score (nSPS) is 10.6. The first-order chi connectivity index (χ1) is 8.90.